The monoisotopic (exact) mass is 269 g/mol. The second-order valence-electron chi connectivity index (χ2n) is 3.71. The Kier molecular flexibility index (Phi) is 6.22. The summed E-state index contributed by atoms with van der Waals surface area (Å²) in [6, 6.07) is 8.77. The molecule has 18 heavy (non-hydrogen) atoms. The van der Waals surface area contributed by atoms with Crippen molar-refractivity contribution in [3.8, 4) is 0 Å². The van der Waals surface area contributed by atoms with Gasteiger partial charge in [-0.15, -0.1) is 11.6 Å². The molecule has 0 fully saturated rings. The first-order chi connectivity index (χ1) is 8.67. The van der Waals surface area contributed by atoms with Crippen molar-refractivity contribution >= 4 is 23.5 Å². The number of ketones is 1. The van der Waals surface area contributed by atoms with Crippen LogP contribution in [0.15, 0.2) is 30.3 Å². The maximum absolute atomic E-state index is 11.7. The SMILES string of the molecule is CCOC(=O)NC(Cc1ccccc1)C(=O)CCl. The maximum Gasteiger partial charge on any atom is 0.407 e. The van der Waals surface area contributed by atoms with Crippen molar-refractivity contribution in [2.24, 2.45) is 0 Å². The second-order valence-corrected chi connectivity index (χ2v) is 3.97. The normalized spacial score (nSPS) is 11.7. The first-order valence-corrected chi connectivity index (χ1v) is 6.26. The van der Waals surface area contributed by atoms with Gasteiger partial charge in [0.1, 0.15) is 0 Å². The molecular weight excluding hydrogens is 254 g/mol. The van der Waals surface area contributed by atoms with Gasteiger partial charge in [0.15, 0.2) is 5.78 Å². The number of Topliss-reactive ketones (excluding diaryl/α,β-unsaturated/α-hetero) is 1. The Morgan fingerprint density at radius 3 is 2.56 bits per heavy atom. The predicted molar refractivity (Wildman–Crippen MR) is 69.8 cm³/mol. The van der Waals surface area contributed by atoms with Gasteiger partial charge in [-0.2, -0.15) is 0 Å². The number of hydrogen-bond donors (Lipinski definition) is 1. The summed E-state index contributed by atoms with van der Waals surface area (Å²) >= 11 is 5.53. The fraction of sp³-hybridized carbons (Fsp3) is 0.385. The Balaban J connectivity index is 2.67. The Bertz CT molecular complexity index is 394. The zero-order chi connectivity index (χ0) is 13.4. The molecule has 1 amide bonds. The lowest BCUT2D eigenvalue weighted by atomic mass is 10.0. The highest BCUT2D eigenvalue weighted by Crippen LogP contribution is 2.05. The molecule has 0 aromatic heterocycles. The fourth-order valence-electron chi connectivity index (χ4n) is 1.50. The number of carbonyl (C=O) groups is 2. The van der Waals surface area contributed by atoms with Crippen molar-refractivity contribution in [3.63, 3.8) is 0 Å². The third-order valence-corrected chi connectivity index (χ3v) is 2.63. The maximum atomic E-state index is 11.7. The Hall–Kier alpha value is -1.55. The Morgan fingerprint density at radius 2 is 2.00 bits per heavy atom. The average molecular weight is 270 g/mol. The molecule has 0 aliphatic rings. The Labute approximate surface area is 111 Å². The van der Waals surface area contributed by atoms with Crippen LogP contribution in [-0.2, 0) is 16.0 Å². The largest absolute Gasteiger partial charge is 0.450 e. The fourth-order valence-corrected chi connectivity index (χ4v) is 1.69. The average Bonchev–Trinajstić information content (AvgIpc) is 2.38. The molecule has 1 atom stereocenters. The molecule has 0 bridgehead atoms. The lowest BCUT2D eigenvalue weighted by Crippen LogP contribution is -2.43. The number of nitrogens with one attached hydrogen (secondary N) is 1. The van der Waals surface area contributed by atoms with Crippen molar-refractivity contribution < 1.29 is 14.3 Å². The number of carbonyl (C=O) groups excluding carboxylic acids is 2. The molecule has 0 radical (unpaired) electrons. The minimum absolute atomic E-state index is 0.135. The van der Waals surface area contributed by atoms with Crippen molar-refractivity contribution in [3.05, 3.63) is 35.9 Å². The molecule has 0 saturated heterocycles. The van der Waals surface area contributed by atoms with Crippen LogP contribution in [-0.4, -0.2) is 30.4 Å². The van der Waals surface area contributed by atoms with Crippen molar-refractivity contribution in [2.75, 3.05) is 12.5 Å². The van der Waals surface area contributed by atoms with Gasteiger partial charge < -0.3 is 10.1 Å². The third-order valence-electron chi connectivity index (χ3n) is 2.37. The molecule has 1 aromatic carbocycles. The zero-order valence-electron chi connectivity index (χ0n) is 10.2. The number of halogens is 1. The predicted octanol–water partition coefficient (Wildman–Crippen LogP) is 2.15. The number of hydrogen-bond acceptors (Lipinski definition) is 3. The van der Waals surface area contributed by atoms with Crippen molar-refractivity contribution in [2.45, 2.75) is 19.4 Å². The lowest BCUT2D eigenvalue weighted by Gasteiger charge is -2.16. The van der Waals surface area contributed by atoms with Gasteiger partial charge in [0.2, 0.25) is 0 Å². The van der Waals surface area contributed by atoms with Gasteiger partial charge in [-0.3, -0.25) is 4.79 Å². The quantitative estimate of drug-likeness (QED) is 0.805. The van der Waals surface area contributed by atoms with Crippen LogP contribution in [0, 0.1) is 0 Å². The van der Waals surface area contributed by atoms with E-state index in [1.807, 2.05) is 30.3 Å². The smallest absolute Gasteiger partial charge is 0.407 e. The Morgan fingerprint density at radius 1 is 1.33 bits per heavy atom. The minimum Gasteiger partial charge on any atom is -0.450 e. The molecule has 1 N–H and O–H groups in total. The van der Waals surface area contributed by atoms with Crippen LogP contribution in [0.4, 0.5) is 4.79 Å². The van der Waals surface area contributed by atoms with E-state index < -0.39 is 12.1 Å². The number of alkyl carbamates (subject to hydrolysis) is 1. The molecule has 0 aliphatic heterocycles. The van der Waals surface area contributed by atoms with Crippen LogP contribution in [0.25, 0.3) is 0 Å². The molecule has 0 saturated carbocycles. The van der Waals surface area contributed by atoms with Gasteiger partial charge in [-0.05, 0) is 18.9 Å². The molecule has 98 valence electrons. The summed E-state index contributed by atoms with van der Waals surface area (Å²) in [7, 11) is 0. The second kappa shape index (κ2) is 7.71. The van der Waals surface area contributed by atoms with E-state index in [9.17, 15) is 9.59 Å². The van der Waals surface area contributed by atoms with Gasteiger partial charge in [-0.25, -0.2) is 4.79 Å². The van der Waals surface area contributed by atoms with E-state index in [4.69, 9.17) is 16.3 Å². The summed E-state index contributed by atoms with van der Waals surface area (Å²) in [6.45, 7) is 1.97. The van der Waals surface area contributed by atoms with E-state index in [0.29, 0.717) is 6.42 Å². The van der Waals surface area contributed by atoms with E-state index >= 15 is 0 Å². The summed E-state index contributed by atoms with van der Waals surface area (Å²) < 4.78 is 4.76. The van der Waals surface area contributed by atoms with Gasteiger partial charge >= 0.3 is 6.09 Å². The third kappa shape index (κ3) is 4.75. The van der Waals surface area contributed by atoms with Crippen LogP contribution in [0.2, 0.25) is 0 Å². The summed E-state index contributed by atoms with van der Waals surface area (Å²) in [5.41, 5.74) is 0.956. The van der Waals surface area contributed by atoms with Crippen molar-refractivity contribution in [1.29, 1.82) is 0 Å². The van der Waals surface area contributed by atoms with Crippen molar-refractivity contribution in [1.82, 2.24) is 5.32 Å². The number of amides is 1. The number of alkyl halides is 1. The summed E-state index contributed by atoms with van der Waals surface area (Å²) in [4.78, 5) is 23.0. The summed E-state index contributed by atoms with van der Waals surface area (Å²) in [5.74, 6) is -0.363. The molecule has 0 aliphatic carbocycles. The molecule has 0 spiro atoms. The van der Waals surface area contributed by atoms with Crippen LogP contribution >= 0.6 is 11.6 Å². The number of rotatable bonds is 6. The molecular formula is C13H16ClNO3. The number of benzene rings is 1. The van der Waals surface area contributed by atoms with E-state index in [1.54, 1.807) is 6.92 Å². The lowest BCUT2D eigenvalue weighted by molar-refractivity contribution is -0.118. The summed E-state index contributed by atoms with van der Waals surface area (Å²) in [5, 5.41) is 2.52. The topological polar surface area (TPSA) is 55.4 Å². The molecule has 1 aromatic rings. The van der Waals surface area contributed by atoms with E-state index in [2.05, 4.69) is 5.32 Å². The molecule has 1 rings (SSSR count). The van der Waals surface area contributed by atoms with Crippen LogP contribution < -0.4 is 5.32 Å². The number of ether oxygens (including phenoxy) is 1. The van der Waals surface area contributed by atoms with Gasteiger partial charge in [0, 0.05) is 0 Å². The molecule has 1 unspecified atom stereocenters. The highest BCUT2D eigenvalue weighted by molar-refractivity contribution is 6.28. The van der Waals surface area contributed by atoms with Gasteiger partial charge in [0.25, 0.3) is 0 Å². The molecule has 5 heteroatoms. The summed E-state index contributed by atoms with van der Waals surface area (Å²) in [6.07, 6.45) is -0.192. The van der Waals surface area contributed by atoms with Crippen LogP contribution in [0.5, 0.6) is 0 Å². The molecule has 4 nitrogen and oxygen atoms in total. The first kappa shape index (κ1) is 14.5. The van der Waals surface area contributed by atoms with E-state index in [0.717, 1.165) is 5.56 Å². The highest BCUT2D eigenvalue weighted by Gasteiger charge is 2.20. The van der Waals surface area contributed by atoms with E-state index in [-0.39, 0.29) is 18.3 Å². The first-order valence-electron chi connectivity index (χ1n) is 5.73. The molecule has 0 heterocycles. The standard InChI is InChI=1S/C13H16ClNO3/c1-2-18-13(17)15-11(12(16)9-14)8-10-6-4-3-5-7-10/h3-7,11H,2,8-9H2,1H3,(H,15,17). The minimum atomic E-state index is -0.649. The van der Waals surface area contributed by atoms with Crippen LogP contribution in [0.3, 0.4) is 0 Å². The highest BCUT2D eigenvalue weighted by atomic mass is 35.5. The zero-order valence-corrected chi connectivity index (χ0v) is 10.9. The van der Waals surface area contributed by atoms with Crippen LogP contribution in [0.1, 0.15) is 12.5 Å². The van der Waals surface area contributed by atoms with Gasteiger partial charge in [-0.1, -0.05) is 30.3 Å². The van der Waals surface area contributed by atoms with Gasteiger partial charge in [0.05, 0.1) is 18.5 Å². The van der Waals surface area contributed by atoms with E-state index in [1.165, 1.54) is 0 Å².